The Labute approximate surface area is 173 Å². The first-order chi connectivity index (χ1) is 13.7. The molecule has 29 heavy (non-hydrogen) atoms. The van der Waals surface area contributed by atoms with E-state index in [2.05, 4.69) is 10.0 Å². The molecule has 1 aliphatic heterocycles. The Morgan fingerprint density at radius 3 is 2.31 bits per heavy atom. The average Bonchev–Trinajstić information content (AvgIpc) is 2.66. The molecule has 1 heterocycles. The van der Waals surface area contributed by atoms with Crippen molar-refractivity contribution in [2.45, 2.75) is 76.5 Å². The monoisotopic (exact) mass is 424 g/mol. The van der Waals surface area contributed by atoms with Crippen LogP contribution in [0.15, 0.2) is 11.0 Å². The Kier molecular flexibility index (Phi) is 6.98. The zero-order chi connectivity index (χ0) is 21.2. The maximum Gasteiger partial charge on any atom is 0.241 e. The van der Waals surface area contributed by atoms with Gasteiger partial charge in [0.1, 0.15) is 0 Å². The summed E-state index contributed by atoms with van der Waals surface area (Å²) in [5, 5.41) is 3.01. The van der Waals surface area contributed by atoms with Gasteiger partial charge in [-0.3, -0.25) is 4.79 Å². The molecular weight excluding hydrogens is 392 g/mol. The molecule has 1 amide bonds. The molecule has 2 fully saturated rings. The van der Waals surface area contributed by atoms with Gasteiger partial charge in [0, 0.05) is 19.0 Å². The third-order valence-electron chi connectivity index (χ3n) is 6.05. The maximum atomic E-state index is 12.8. The minimum atomic E-state index is -3.68. The highest BCUT2D eigenvalue weighted by molar-refractivity contribution is 7.89. The molecule has 3 rings (SSSR count). The van der Waals surface area contributed by atoms with Crippen molar-refractivity contribution in [3.8, 4) is 0 Å². The fraction of sp³-hybridized carbons (Fsp3) is 0.667. The van der Waals surface area contributed by atoms with Gasteiger partial charge in [-0.2, -0.15) is 0 Å². The first kappa shape index (κ1) is 22.2. The number of carbonyl (C=O) groups excluding carboxylic acids is 1. The van der Waals surface area contributed by atoms with E-state index in [0.29, 0.717) is 18.1 Å². The van der Waals surface area contributed by atoms with Crippen molar-refractivity contribution in [1.82, 2.24) is 10.0 Å². The van der Waals surface area contributed by atoms with Crippen LogP contribution in [0.1, 0.15) is 47.9 Å². The van der Waals surface area contributed by atoms with Crippen LogP contribution in [0.3, 0.4) is 0 Å². The number of carbonyl (C=O) groups is 1. The largest absolute Gasteiger partial charge is 0.373 e. The van der Waals surface area contributed by atoms with Gasteiger partial charge in [-0.1, -0.05) is 6.07 Å². The molecule has 1 saturated heterocycles. The van der Waals surface area contributed by atoms with E-state index < -0.39 is 10.0 Å². The highest BCUT2D eigenvalue weighted by Crippen LogP contribution is 2.27. The summed E-state index contributed by atoms with van der Waals surface area (Å²) in [6.45, 7) is 8.75. The molecule has 0 bridgehead atoms. The Morgan fingerprint density at radius 1 is 1.03 bits per heavy atom. The van der Waals surface area contributed by atoms with Crippen LogP contribution in [0, 0.1) is 27.7 Å². The molecule has 1 saturated carbocycles. The van der Waals surface area contributed by atoms with Gasteiger partial charge in [0.25, 0.3) is 0 Å². The first-order valence-electron chi connectivity index (χ1n) is 10.3. The molecule has 162 valence electrons. The van der Waals surface area contributed by atoms with Crippen molar-refractivity contribution < 1.29 is 22.7 Å². The summed E-state index contributed by atoms with van der Waals surface area (Å²) in [6.07, 6.45) is 2.73. The number of sulfonamides is 1. The number of aryl methyl sites for hydroxylation is 2. The average molecular weight is 425 g/mol. The number of benzene rings is 1. The van der Waals surface area contributed by atoms with E-state index in [9.17, 15) is 13.2 Å². The molecule has 1 aromatic carbocycles. The normalized spacial score (nSPS) is 24.8. The van der Waals surface area contributed by atoms with Gasteiger partial charge in [0.15, 0.2) is 0 Å². The van der Waals surface area contributed by atoms with Gasteiger partial charge in [-0.25, -0.2) is 13.1 Å². The molecule has 2 aliphatic rings. The van der Waals surface area contributed by atoms with Crippen molar-refractivity contribution in [1.29, 1.82) is 0 Å². The number of ether oxygens (including phenoxy) is 2. The molecule has 8 heteroatoms. The molecule has 7 nitrogen and oxygen atoms in total. The Balaban J connectivity index is 1.52. The van der Waals surface area contributed by atoms with E-state index in [1.54, 1.807) is 0 Å². The summed E-state index contributed by atoms with van der Waals surface area (Å²) in [5.74, 6) is -0.151. The van der Waals surface area contributed by atoms with E-state index in [0.717, 1.165) is 41.5 Å². The summed E-state index contributed by atoms with van der Waals surface area (Å²) in [7, 11) is -3.68. The smallest absolute Gasteiger partial charge is 0.241 e. The van der Waals surface area contributed by atoms with Gasteiger partial charge >= 0.3 is 0 Å². The lowest BCUT2D eigenvalue weighted by Gasteiger charge is -2.39. The number of hydrogen-bond acceptors (Lipinski definition) is 5. The maximum absolute atomic E-state index is 12.8. The van der Waals surface area contributed by atoms with Gasteiger partial charge in [-0.15, -0.1) is 0 Å². The van der Waals surface area contributed by atoms with E-state index in [1.165, 1.54) is 0 Å². The van der Waals surface area contributed by atoms with Crippen LogP contribution in [-0.2, 0) is 24.3 Å². The van der Waals surface area contributed by atoms with Crippen molar-refractivity contribution in [2.75, 3.05) is 19.8 Å². The van der Waals surface area contributed by atoms with Crippen LogP contribution in [-0.4, -0.2) is 52.3 Å². The fourth-order valence-electron chi connectivity index (χ4n) is 4.25. The SMILES string of the molecule is Cc1cc(C)c(C)c(S(=O)(=O)NCCC(=O)NC2CCC3OCCOC3C2)c1C. The molecule has 1 aromatic rings. The lowest BCUT2D eigenvalue weighted by atomic mass is 9.89. The van der Waals surface area contributed by atoms with Crippen LogP contribution in [0.2, 0.25) is 0 Å². The number of rotatable bonds is 6. The zero-order valence-corrected chi connectivity index (χ0v) is 18.5. The molecule has 3 atom stereocenters. The lowest BCUT2D eigenvalue weighted by Crippen LogP contribution is -2.49. The minimum absolute atomic E-state index is 0.0387. The molecule has 0 radical (unpaired) electrons. The lowest BCUT2D eigenvalue weighted by molar-refractivity contribution is -0.158. The van der Waals surface area contributed by atoms with E-state index >= 15 is 0 Å². The molecule has 1 aliphatic carbocycles. The number of fused-ring (bicyclic) bond motifs is 1. The molecule has 0 spiro atoms. The standard InChI is InChI=1S/C21H32N2O5S/c1-13-11-14(2)16(4)21(15(13)3)29(25,26)22-8-7-20(24)23-17-5-6-18-19(12-17)28-10-9-27-18/h11,17-19,22H,5-10,12H2,1-4H3,(H,23,24). The first-order valence-corrected chi connectivity index (χ1v) is 11.8. The van der Waals surface area contributed by atoms with Crippen molar-refractivity contribution in [2.24, 2.45) is 0 Å². The van der Waals surface area contributed by atoms with Crippen LogP contribution >= 0.6 is 0 Å². The molecular formula is C21H32N2O5S. The van der Waals surface area contributed by atoms with Crippen molar-refractivity contribution in [3.05, 3.63) is 28.3 Å². The van der Waals surface area contributed by atoms with Crippen LogP contribution in [0.25, 0.3) is 0 Å². The fourth-order valence-corrected chi connectivity index (χ4v) is 5.90. The predicted octanol–water partition coefficient (Wildman–Crippen LogP) is 2.04. The second-order valence-electron chi connectivity index (χ2n) is 8.13. The highest BCUT2D eigenvalue weighted by atomic mass is 32.2. The second-order valence-corrected chi connectivity index (χ2v) is 9.84. The minimum Gasteiger partial charge on any atom is -0.373 e. The second kappa shape index (κ2) is 9.12. The van der Waals surface area contributed by atoms with Gasteiger partial charge < -0.3 is 14.8 Å². The van der Waals surface area contributed by atoms with Gasteiger partial charge in [0.2, 0.25) is 15.9 Å². The van der Waals surface area contributed by atoms with Crippen LogP contribution < -0.4 is 10.0 Å². The Bertz CT molecular complexity index is 842. The third-order valence-corrected chi connectivity index (χ3v) is 7.79. The summed E-state index contributed by atoms with van der Waals surface area (Å²) >= 11 is 0. The Morgan fingerprint density at radius 2 is 1.66 bits per heavy atom. The van der Waals surface area contributed by atoms with Crippen molar-refractivity contribution >= 4 is 15.9 Å². The van der Waals surface area contributed by atoms with E-state index in [1.807, 2.05) is 33.8 Å². The Hall–Kier alpha value is -1.48. The zero-order valence-electron chi connectivity index (χ0n) is 17.7. The summed E-state index contributed by atoms with van der Waals surface area (Å²) in [4.78, 5) is 12.6. The number of hydrogen-bond donors (Lipinski definition) is 2. The predicted molar refractivity (Wildman–Crippen MR) is 110 cm³/mol. The van der Waals surface area contributed by atoms with Crippen LogP contribution in [0.5, 0.6) is 0 Å². The highest BCUT2D eigenvalue weighted by Gasteiger charge is 2.34. The van der Waals surface area contributed by atoms with E-state index in [-0.39, 0.29) is 37.1 Å². The summed E-state index contributed by atoms with van der Waals surface area (Å²) < 4.78 is 39.7. The van der Waals surface area contributed by atoms with Gasteiger partial charge in [0.05, 0.1) is 30.3 Å². The summed E-state index contributed by atoms with van der Waals surface area (Å²) in [6, 6.07) is 2.04. The van der Waals surface area contributed by atoms with E-state index in [4.69, 9.17) is 9.47 Å². The topological polar surface area (TPSA) is 93.7 Å². The third kappa shape index (κ3) is 5.17. The quantitative estimate of drug-likeness (QED) is 0.729. The van der Waals surface area contributed by atoms with Gasteiger partial charge in [-0.05, 0) is 69.2 Å². The summed E-state index contributed by atoms with van der Waals surface area (Å²) in [5.41, 5.74) is 3.37. The molecule has 0 aromatic heterocycles. The molecule has 3 unspecified atom stereocenters. The number of amides is 1. The van der Waals surface area contributed by atoms with Crippen molar-refractivity contribution in [3.63, 3.8) is 0 Å². The van der Waals surface area contributed by atoms with Crippen LogP contribution in [0.4, 0.5) is 0 Å². The number of nitrogens with one attached hydrogen (secondary N) is 2. The molecule has 2 N–H and O–H groups in total.